The molecule has 0 aromatic heterocycles. The molecule has 0 aromatic carbocycles. The highest BCUT2D eigenvalue weighted by molar-refractivity contribution is 6.55. The Kier molecular flexibility index (Phi) is 6.81. The van der Waals surface area contributed by atoms with Crippen LogP contribution in [0, 0.1) is 5.41 Å². The van der Waals surface area contributed by atoms with E-state index in [1.54, 1.807) is 0 Å². The Bertz CT molecular complexity index is 184. The highest BCUT2D eigenvalue weighted by Gasteiger charge is 2.28. The molecular formula is C12H26N2Si. The van der Waals surface area contributed by atoms with Gasteiger partial charge in [-0.2, -0.15) is 0 Å². The van der Waals surface area contributed by atoms with E-state index in [1.165, 1.54) is 0 Å². The normalized spacial score (nSPS) is 13.9. The molecule has 0 aliphatic heterocycles. The van der Waals surface area contributed by atoms with Gasteiger partial charge in [-0.15, -0.1) is 13.2 Å². The Morgan fingerprint density at radius 3 is 1.80 bits per heavy atom. The van der Waals surface area contributed by atoms with E-state index in [4.69, 9.17) is 0 Å². The molecule has 0 aliphatic carbocycles. The van der Waals surface area contributed by atoms with Crippen LogP contribution in [-0.2, 0) is 0 Å². The zero-order valence-electron chi connectivity index (χ0n) is 10.6. The van der Waals surface area contributed by atoms with Crippen molar-refractivity contribution in [3.05, 3.63) is 25.3 Å². The molecule has 0 radical (unpaired) electrons. The van der Waals surface area contributed by atoms with E-state index < -0.39 is 9.12 Å². The minimum absolute atomic E-state index is 0.346. The van der Waals surface area contributed by atoms with Crippen LogP contribution in [0.3, 0.4) is 0 Å². The average molecular weight is 226 g/mol. The summed E-state index contributed by atoms with van der Waals surface area (Å²) in [4.78, 5) is 7.14. The number of hydrogen-bond donors (Lipinski definition) is 2. The molecule has 2 N–H and O–H groups in total. The van der Waals surface area contributed by atoms with Crippen LogP contribution in [0.5, 0.6) is 0 Å². The third-order valence-electron chi connectivity index (χ3n) is 2.83. The molecule has 0 bridgehead atoms. The maximum absolute atomic E-state index is 3.75. The Morgan fingerprint density at radius 2 is 1.53 bits per heavy atom. The fraction of sp³-hybridized carbons (Fsp3) is 0.667. The maximum atomic E-state index is 3.75. The zero-order chi connectivity index (χ0) is 11.9. The molecule has 0 saturated heterocycles. The van der Waals surface area contributed by atoms with Crippen LogP contribution in [-0.4, -0.2) is 22.2 Å². The zero-order valence-corrected chi connectivity index (χ0v) is 11.8. The van der Waals surface area contributed by atoms with Crippen LogP contribution in [0.2, 0.25) is 5.54 Å². The third kappa shape index (κ3) is 5.92. The van der Waals surface area contributed by atoms with E-state index >= 15 is 0 Å². The third-order valence-corrected chi connectivity index (χ3v) is 6.18. The van der Waals surface area contributed by atoms with Gasteiger partial charge in [-0.3, -0.25) is 0 Å². The molecule has 0 spiro atoms. The second-order valence-corrected chi connectivity index (χ2v) is 7.80. The first-order chi connectivity index (χ1) is 6.93. The minimum Gasteiger partial charge on any atom is -0.324 e. The van der Waals surface area contributed by atoms with E-state index in [0.717, 1.165) is 13.1 Å². The summed E-state index contributed by atoms with van der Waals surface area (Å²) in [5.74, 6) is 0. The second kappa shape index (κ2) is 6.98. The molecule has 1 unspecified atom stereocenters. The second-order valence-electron chi connectivity index (χ2n) is 5.03. The predicted molar refractivity (Wildman–Crippen MR) is 72.4 cm³/mol. The summed E-state index contributed by atoms with van der Waals surface area (Å²) >= 11 is 0. The predicted octanol–water partition coefficient (Wildman–Crippen LogP) is 2.19. The summed E-state index contributed by atoms with van der Waals surface area (Å²) in [6.07, 6.45) is 3.84. The lowest BCUT2D eigenvalue weighted by atomic mass is 9.93. The highest BCUT2D eigenvalue weighted by Crippen LogP contribution is 2.31. The van der Waals surface area contributed by atoms with E-state index in [2.05, 4.69) is 50.8 Å². The molecule has 0 amide bonds. The van der Waals surface area contributed by atoms with Gasteiger partial charge in [0.2, 0.25) is 0 Å². The Balaban J connectivity index is 4.31. The van der Waals surface area contributed by atoms with Crippen molar-refractivity contribution in [2.45, 2.75) is 33.2 Å². The first-order valence-corrected chi connectivity index (χ1v) is 7.44. The molecule has 88 valence electrons. The number of nitrogens with one attached hydrogen (secondary N) is 2. The lowest BCUT2D eigenvalue weighted by Crippen LogP contribution is -2.53. The largest absolute Gasteiger partial charge is 0.324 e. The number of rotatable bonds is 7. The van der Waals surface area contributed by atoms with Crippen molar-refractivity contribution in [2.24, 2.45) is 5.41 Å². The van der Waals surface area contributed by atoms with E-state index in [9.17, 15) is 0 Å². The fourth-order valence-electron chi connectivity index (χ4n) is 1.35. The molecule has 0 heterocycles. The molecule has 3 heteroatoms. The molecule has 0 aliphatic rings. The van der Waals surface area contributed by atoms with E-state index in [0.29, 0.717) is 11.0 Å². The highest BCUT2D eigenvalue weighted by atomic mass is 28.3. The van der Waals surface area contributed by atoms with Crippen molar-refractivity contribution in [2.75, 3.05) is 13.1 Å². The molecule has 0 fully saturated rings. The van der Waals surface area contributed by atoms with E-state index in [-0.39, 0.29) is 0 Å². The monoisotopic (exact) mass is 226 g/mol. The Morgan fingerprint density at radius 1 is 1.13 bits per heavy atom. The molecule has 15 heavy (non-hydrogen) atoms. The topological polar surface area (TPSA) is 24.1 Å². The van der Waals surface area contributed by atoms with Crippen LogP contribution >= 0.6 is 0 Å². The van der Waals surface area contributed by atoms with Gasteiger partial charge in [0, 0.05) is 13.1 Å². The van der Waals surface area contributed by atoms with Gasteiger partial charge in [-0.25, -0.2) is 0 Å². The van der Waals surface area contributed by atoms with Crippen molar-refractivity contribution >= 4 is 9.12 Å². The maximum Gasteiger partial charge on any atom is 0.188 e. The lowest BCUT2D eigenvalue weighted by Gasteiger charge is -2.33. The van der Waals surface area contributed by atoms with Gasteiger partial charge in [-0.1, -0.05) is 39.8 Å². The van der Waals surface area contributed by atoms with Crippen molar-refractivity contribution in [3.8, 4) is 0 Å². The van der Waals surface area contributed by atoms with Gasteiger partial charge >= 0.3 is 0 Å². The average Bonchev–Trinajstić information content (AvgIpc) is 2.16. The summed E-state index contributed by atoms with van der Waals surface area (Å²) in [5, 5.41) is 0. The fourth-order valence-corrected chi connectivity index (χ4v) is 4.04. The van der Waals surface area contributed by atoms with Crippen LogP contribution in [0.15, 0.2) is 25.3 Å². The van der Waals surface area contributed by atoms with Crippen LogP contribution in [0.1, 0.15) is 27.7 Å². The quantitative estimate of drug-likeness (QED) is 0.514. The SMILES string of the molecule is C=CCN[SiH](NCC=C)C(C)C(C)(C)C. The molecule has 0 rings (SSSR count). The van der Waals surface area contributed by atoms with Gasteiger partial charge < -0.3 is 9.96 Å². The van der Waals surface area contributed by atoms with Gasteiger partial charge in [0.05, 0.1) is 0 Å². The molecule has 0 aromatic rings. The number of hydrogen-bond acceptors (Lipinski definition) is 2. The summed E-state index contributed by atoms with van der Waals surface area (Å²) in [6, 6.07) is 0. The standard InChI is InChI=1S/C12H26N2Si/c1-7-9-13-15(14-10-8-2)11(3)12(4,5)6/h7-8,11,13-15H,1-2,9-10H2,3-6H3. The van der Waals surface area contributed by atoms with Gasteiger partial charge in [0.15, 0.2) is 9.12 Å². The van der Waals surface area contributed by atoms with Crippen LogP contribution in [0.4, 0.5) is 0 Å². The summed E-state index contributed by atoms with van der Waals surface area (Å²) in [7, 11) is -1.13. The molecular weight excluding hydrogens is 200 g/mol. The van der Waals surface area contributed by atoms with Crippen molar-refractivity contribution < 1.29 is 0 Å². The van der Waals surface area contributed by atoms with Crippen LogP contribution < -0.4 is 9.96 Å². The first kappa shape index (κ1) is 14.6. The summed E-state index contributed by atoms with van der Waals surface area (Å²) in [5.41, 5.74) is 1.02. The van der Waals surface area contributed by atoms with Gasteiger partial charge in [-0.05, 0) is 11.0 Å². The van der Waals surface area contributed by atoms with E-state index in [1.807, 2.05) is 12.2 Å². The summed E-state index contributed by atoms with van der Waals surface area (Å²) in [6.45, 7) is 18.5. The van der Waals surface area contributed by atoms with Crippen LogP contribution in [0.25, 0.3) is 0 Å². The van der Waals surface area contributed by atoms with Gasteiger partial charge in [0.1, 0.15) is 0 Å². The Hall–Kier alpha value is -0.383. The van der Waals surface area contributed by atoms with Crippen molar-refractivity contribution in [1.29, 1.82) is 0 Å². The van der Waals surface area contributed by atoms with Gasteiger partial charge in [0.25, 0.3) is 0 Å². The lowest BCUT2D eigenvalue weighted by molar-refractivity contribution is 0.385. The van der Waals surface area contributed by atoms with Crippen molar-refractivity contribution in [3.63, 3.8) is 0 Å². The first-order valence-electron chi connectivity index (χ1n) is 5.62. The molecule has 0 saturated carbocycles. The molecule has 2 nitrogen and oxygen atoms in total. The summed E-state index contributed by atoms with van der Waals surface area (Å²) < 4.78 is 0. The molecule has 1 atom stereocenters. The Labute approximate surface area is 96.6 Å². The minimum atomic E-state index is -1.13. The smallest absolute Gasteiger partial charge is 0.188 e. The van der Waals surface area contributed by atoms with Crippen molar-refractivity contribution in [1.82, 2.24) is 9.96 Å².